The standard InChI is InChI=1S/C17H22N2O2S2/c20-17(13-21-14-5-7-18-8-6-14)19(11-15-3-1-9-22-15)12-16-4-2-10-23-16/h1-4,9-10,14,18H,5-8,11-13H2. The highest BCUT2D eigenvalue weighted by Crippen LogP contribution is 2.18. The minimum absolute atomic E-state index is 0.0744. The van der Waals surface area contributed by atoms with Crippen LogP contribution in [0.15, 0.2) is 35.0 Å². The van der Waals surface area contributed by atoms with Gasteiger partial charge in [-0.3, -0.25) is 4.79 Å². The van der Waals surface area contributed by atoms with Crippen LogP contribution in [0.25, 0.3) is 0 Å². The molecule has 1 N–H and O–H groups in total. The summed E-state index contributed by atoms with van der Waals surface area (Å²) in [4.78, 5) is 16.9. The van der Waals surface area contributed by atoms with Gasteiger partial charge in [0.05, 0.1) is 19.2 Å². The summed E-state index contributed by atoms with van der Waals surface area (Å²) >= 11 is 3.38. The Hall–Kier alpha value is -1.21. The van der Waals surface area contributed by atoms with Crippen LogP contribution in [0.1, 0.15) is 22.6 Å². The van der Waals surface area contributed by atoms with Crippen molar-refractivity contribution in [2.45, 2.75) is 32.0 Å². The van der Waals surface area contributed by atoms with Gasteiger partial charge in [-0.05, 0) is 48.8 Å². The van der Waals surface area contributed by atoms with Crippen LogP contribution >= 0.6 is 22.7 Å². The molecule has 3 heterocycles. The number of carbonyl (C=O) groups excluding carboxylic acids is 1. The second-order valence-corrected chi connectivity index (χ2v) is 7.73. The maximum absolute atomic E-state index is 12.6. The van der Waals surface area contributed by atoms with E-state index in [1.54, 1.807) is 22.7 Å². The van der Waals surface area contributed by atoms with Gasteiger partial charge in [0, 0.05) is 9.75 Å². The van der Waals surface area contributed by atoms with Crippen LogP contribution in [0, 0.1) is 0 Å². The van der Waals surface area contributed by atoms with E-state index in [4.69, 9.17) is 4.74 Å². The summed E-state index contributed by atoms with van der Waals surface area (Å²) in [6, 6.07) is 8.21. The Kier molecular flexibility index (Phi) is 6.21. The Morgan fingerprint density at radius 2 is 1.74 bits per heavy atom. The first-order valence-corrected chi connectivity index (χ1v) is 9.72. The van der Waals surface area contributed by atoms with E-state index in [0.29, 0.717) is 13.1 Å². The second-order valence-electron chi connectivity index (χ2n) is 5.67. The van der Waals surface area contributed by atoms with Gasteiger partial charge in [0.15, 0.2) is 0 Å². The maximum Gasteiger partial charge on any atom is 0.249 e. The smallest absolute Gasteiger partial charge is 0.249 e. The van der Waals surface area contributed by atoms with Crippen LogP contribution in [-0.2, 0) is 22.6 Å². The quantitative estimate of drug-likeness (QED) is 0.834. The first-order valence-electron chi connectivity index (χ1n) is 7.96. The van der Waals surface area contributed by atoms with Gasteiger partial charge in [0.2, 0.25) is 5.91 Å². The number of nitrogens with one attached hydrogen (secondary N) is 1. The molecule has 0 saturated carbocycles. The van der Waals surface area contributed by atoms with Crippen molar-refractivity contribution in [3.63, 3.8) is 0 Å². The summed E-state index contributed by atoms with van der Waals surface area (Å²) < 4.78 is 5.84. The van der Waals surface area contributed by atoms with Crippen molar-refractivity contribution in [3.8, 4) is 0 Å². The molecule has 0 unspecified atom stereocenters. The normalized spacial score (nSPS) is 15.7. The number of rotatable bonds is 7. The Balaban J connectivity index is 1.57. The highest BCUT2D eigenvalue weighted by Gasteiger charge is 2.19. The summed E-state index contributed by atoms with van der Waals surface area (Å²) in [5.41, 5.74) is 0. The average Bonchev–Trinajstić information content (AvgIpc) is 3.27. The molecule has 1 saturated heterocycles. The van der Waals surface area contributed by atoms with Gasteiger partial charge in [0.1, 0.15) is 6.61 Å². The summed E-state index contributed by atoms with van der Waals surface area (Å²) in [5, 5.41) is 7.41. The van der Waals surface area contributed by atoms with E-state index in [-0.39, 0.29) is 18.6 Å². The first kappa shape index (κ1) is 16.6. The van der Waals surface area contributed by atoms with Crippen LogP contribution < -0.4 is 5.32 Å². The van der Waals surface area contributed by atoms with Gasteiger partial charge in [-0.25, -0.2) is 0 Å². The highest BCUT2D eigenvalue weighted by molar-refractivity contribution is 7.10. The zero-order chi connectivity index (χ0) is 15.9. The van der Waals surface area contributed by atoms with Gasteiger partial charge in [-0.2, -0.15) is 0 Å². The lowest BCUT2D eigenvalue weighted by atomic mass is 10.1. The minimum atomic E-state index is 0.0744. The second kappa shape index (κ2) is 8.59. The maximum atomic E-state index is 12.6. The summed E-state index contributed by atoms with van der Waals surface area (Å²) in [5.74, 6) is 0.0744. The third kappa shape index (κ3) is 5.14. The molecule has 0 radical (unpaired) electrons. The molecule has 4 nitrogen and oxygen atoms in total. The largest absolute Gasteiger partial charge is 0.368 e. The van der Waals surface area contributed by atoms with Gasteiger partial charge in [0.25, 0.3) is 0 Å². The predicted octanol–water partition coefficient (Wildman–Crippen LogP) is 3.11. The summed E-state index contributed by atoms with van der Waals surface area (Å²) in [7, 11) is 0. The fraction of sp³-hybridized carbons (Fsp3) is 0.471. The van der Waals surface area contributed by atoms with Gasteiger partial charge in [-0.1, -0.05) is 12.1 Å². The molecule has 2 aromatic heterocycles. The number of ether oxygens (including phenoxy) is 1. The zero-order valence-electron chi connectivity index (χ0n) is 13.1. The molecule has 1 fully saturated rings. The van der Waals surface area contributed by atoms with Crippen molar-refractivity contribution >= 4 is 28.6 Å². The number of thiophene rings is 2. The topological polar surface area (TPSA) is 41.6 Å². The lowest BCUT2D eigenvalue weighted by molar-refractivity contribution is -0.139. The van der Waals surface area contributed by atoms with Crippen LogP contribution in [-0.4, -0.2) is 36.6 Å². The lowest BCUT2D eigenvalue weighted by Crippen LogP contribution is -2.37. The van der Waals surface area contributed by atoms with E-state index in [1.165, 1.54) is 9.75 Å². The van der Waals surface area contributed by atoms with Gasteiger partial charge < -0.3 is 15.0 Å². The van der Waals surface area contributed by atoms with Crippen LogP contribution in [0.5, 0.6) is 0 Å². The van der Waals surface area contributed by atoms with E-state index >= 15 is 0 Å². The molecular weight excluding hydrogens is 328 g/mol. The van der Waals surface area contributed by atoms with E-state index in [9.17, 15) is 4.79 Å². The van der Waals surface area contributed by atoms with Crippen molar-refractivity contribution in [3.05, 3.63) is 44.8 Å². The minimum Gasteiger partial charge on any atom is -0.368 e. The molecule has 124 valence electrons. The number of carbonyl (C=O) groups is 1. The Bertz CT molecular complexity index is 542. The molecule has 2 aromatic rings. The molecule has 3 rings (SSSR count). The highest BCUT2D eigenvalue weighted by atomic mass is 32.1. The van der Waals surface area contributed by atoms with Gasteiger partial charge in [-0.15, -0.1) is 22.7 Å². The van der Waals surface area contributed by atoms with Crippen molar-refractivity contribution in [2.75, 3.05) is 19.7 Å². The number of piperidine rings is 1. The van der Waals surface area contributed by atoms with E-state index in [1.807, 2.05) is 17.0 Å². The molecular formula is C17H22N2O2S2. The molecule has 0 atom stereocenters. The lowest BCUT2D eigenvalue weighted by Gasteiger charge is -2.25. The zero-order valence-corrected chi connectivity index (χ0v) is 14.7. The average molecular weight is 351 g/mol. The first-order chi connectivity index (χ1) is 11.3. The Labute approximate surface area is 145 Å². The Morgan fingerprint density at radius 3 is 2.26 bits per heavy atom. The SMILES string of the molecule is O=C(COC1CCNCC1)N(Cc1cccs1)Cc1cccs1. The number of amides is 1. The van der Waals surface area contributed by atoms with Crippen LogP contribution in [0.3, 0.4) is 0 Å². The van der Waals surface area contributed by atoms with Gasteiger partial charge >= 0.3 is 0 Å². The molecule has 0 bridgehead atoms. The van der Waals surface area contributed by atoms with Crippen molar-refractivity contribution in [1.29, 1.82) is 0 Å². The fourth-order valence-corrected chi connectivity index (χ4v) is 4.09. The number of hydrogen-bond acceptors (Lipinski definition) is 5. The van der Waals surface area contributed by atoms with E-state index in [0.717, 1.165) is 25.9 Å². The predicted molar refractivity (Wildman–Crippen MR) is 94.7 cm³/mol. The molecule has 0 spiro atoms. The molecule has 1 aliphatic rings. The molecule has 0 aromatic carbocycles. The number of hydrogen-bond donors (Lipinski definition) is 1. The molecule has 1 amide bonds. The van der Waals surface area contributed by atoms with Crippen LogP contribution in [0.2, 0.25) is 0 Å². The summed E-state index contributed by atoms with van der Waals surface area (Å²) in [6.07, 6.45) is 2.19. The monoisotopic (exact) mass is 350 g/mol. The van der Waals surface area contributed by atoms with E-state index < -0.39 is 0 Å². The summed E-state index contributed by atoms with van der Waals surface area (Å²) in [6.45, 7) is 3.45. The van der Waals surface area contributed by atoms with Crippen molar-refractivity contribution in [1.82, 2.24) is 10.2 Å². The van der Waals surface area contributed by atoms with Crippen molar-refractivity contribution in [2.24, 2.45) is 0 Å². The third-order valence-electron chi connectivity index (χ3n) is 3.93. The van der Waals surface area contributed by atoms with Crippen LogP contribution in [0.4, 0.5) is 0 Å². The molecule has 1 aliphatic heterocycles. The Morgan fingerprint density at radius 1 is 1.13 bits per heavy atom. The number of nitrogens with zero attached hydrogens (tertiary/aromatic N) is 1. The molecule has 23 heavy (non-hydrogen) atoms. The van der Waals surface area contributed by atoms with Crippen molar-refractivity contribution < 1.29 is 9.53 Å². The third-order valence-corrected chi connectivity index (χ3v) is 5.66. The fourth-order valence-electron chi connectivity index (χ4n) is 2.66. The van der Waals surface area contributed by atoms with E-state index in [2.05, 4.69) is 28.2 Å². The molecule has 6 heteroatoms. The molecule has 0 aliphatic carbocycles.